The molecule has 0 aromatic heterocycles. The molecule has 4 N–H and O–H groups in total. The first-order valence-electron chi connectivity index (χ1n) is 6.13. The van der Waals surface area contributed by atoms with Crippen molar-refractivity contribution < 1.29 is 9.47 Å². The molecule has 1 aliphatic carbocycles. The van der Waals surface area contributed by atoms with Crippen molar-refractivity contribution in [2.75, 3.05) is 39.5 Å². The second-order valence-corrected chi connectivity index (χ2v) is 4.12. The van der Waals surface area contributed by atoms with Gasteiger partial charge in [-0.2, -0.15) is 0 Å². The van der Waals surface area contributed by atoms with Gasteiger partial charge >= 0.3 is 0 Å². The summed E-state index contributed by atoms with van der Waals surface area (Å²) in [6.45, 7) is 4.49. The summed E-state index contributed by atoms with van der Waals surface area (Å²) in [5.41, 5.74) is 12.2. The normalized spacial score (nSPS) is 19.4. The van der Waals surface area contributed by atoms with Crippen molar-refractivity contribution in [2.45, 2.75) is 19.3 Å². The van der Waals surface area contributed by atoms with Gasteiger partial charge in [-0.05, 0) is 37.9 Å². The molecule has 0 fully saturated rings. The molecule has 0 radical (unpaired) electrons. The van der Waals surface area contributed by atoms with Crippen LogP contribution in [0, 0.1) is 5.92 Å². The Hall–Kier alpha value is -0.420. The maximum Gasteiger partial charge on any atom is 0.0680 e. The first-order chi connectivity index (χ1) is 7.88. The molecule has 0 aliphatic heterocycles. The lowest BCUT2D eigenvalue weighted by Gasteiger charge is -2.27. The van der Waals surface area contributed by atoms with Gasteiger partial charge in [0.05, 0.1) is 13.2 Å². The number of ether oxygens (including phenoxy) is 2. The smallest absolute Gasteiger partial charge is 0.0680 e. The first-order valence-corrected chi connectivity index (χ1v) is 6.13. The Kier molecular flexibility index (Phi) is 7.42. The zero-order chi connectivity index (χ0) is 11.6. The van der Waals surface area contributed by atoms with Crippen LogP contribution in [0.15, 0.2) is 11.6 Å². The van der Waals surface area contributed by atoms with Crippen LogP contribution in [0.25, 0.3) is 0 Å². The Bertz CT molecular complexity index is 207. The SMILES string of the molecule is NCCCOCC1=CC[C@@H]1COCCCN. The molecule has 0 bridgehead atoms. The van der Waals surface area contributed by atoms with Crippen LogP contribution in [-0.4, -0.2) is 39.5 Å². The predicted molar refractivity (Wildman–Crippen MR) is 65.2 cm³/mol. The van der Waals surface area contributed by atoms with Gasteiger partial charge in [-0.25, -0.2) is 0 Å². The minimum atomic E-state index is 0.565. The summed E-state index contributed by atoms with van der Waals surface area (Å²) in [6.07, 6.45) is 5.24. The molecule has 0 unspecified atom stereocenters. The van der Waals surface area contributed by atoms with E-state index in [4.69, 9.17) is 20.9 Å². The Morgan fingerprint density at radius 1 is 1.12 bits per heavy atom. The lowest BCUT2D eigenvalue weighted by molar-refractivity contribution is 0.0889. The lowest BCUT2D eigenvalue weighted by atomic mass is 9.86. The Labute approximate surface area is 98.0 Å². The molecule has 1 aliphatic rings. The topological polar surface area (TPSA) is 70.5 Å². The molecule has 0 aromatic carbocycles. The van der Waals surface area contributed by atoms with Crippen LogP contribution in [0.3, 0.4) is 0 Å². The molecule has 0 aromatic rings. The second kappa shape index (κ2) is 8.70. The van der Waals surface area contributed by atoms with Crippen molar-refractivity contribution in [3.8, 4) is 0 Å². The van der Waals surface area contributed by atoms with Crippen molar-refractivity contribution in [2.24, 2.45) is 17.4 Å². The molecule has 0 amide bonds. The highest BCUT2D eigenvalue weighted by molar-refractivity contribution is 5.18. The van der Waals surface area contributed by atoms with E-state index in [0.29, 0.717) is 19.0 Å². The standard InChI is InChI=1S/C12H24N2O2/c13-5-1-7-15-9-11-3-4-12(11)10-16-8-2-6-14/h3,12H,1-2,4-10,13-14H2/t12-/m1/s1. The van der Waals surface area contributed by atoms with Gasteiger partial charge in [-0.15, -0.1) is 0 Å². The van der Waals surface area contributed by atoms with E-state index in [9.17, 15) is 0 Å². The fourth-order valence-corrected chi connectivity index (χ4v) is 1.59. The molecule has 0 heterocycles. The van der Waals surface area contributed by atoms with E-state index in [-0.39, 0.29) is 0 Å². The van der Waals surface area contributed by atoms with Gasteiger partial charge in [-0.1, -0.05) is 6.08 Å². The third kappa shape index (κ3) is 5.07. The largest absolute Gasteiger partial charge is 0.381 e. The van der Waals surface area contributed by atoms with Crippen molar-refractivity contribution in [1.29, 1.82) is 0 Å². The minimum Gasteiger partial charge on any atom is -0.381 e. The average molecular weight is 228 g/mol. The van der Waals surface area contributed by atoms with E-state index in [1.54, 1.807) is 0 Å². The van der Waals surface area contributed by atoms with Gasteiger partial charge in [-0.3, -0.25) is 0 Å². The molecule has 4 heteroatoms. The highest BCUT2D eigenvalue weighted by Gasteiger charge is 2.21. The monoisotopic (exact) mass is 228 g/mol. The Morgan fingerprint density at radius 3 is 2.38 bits per heavy atom. The molecule has 1 atom stereocenters. The highest BCUT2D eigenvalue weighted by Crippen LogP contribution is 2.27. The molecule has 1 rings (SSSR count). The Morgan fingerprint density at radius 2 is 1.81 bits per heavy atom. The number of nitrogens with two attached hydrogens (primary N) is 2. The van der Waals surface area contributed by atoms with Crippen LogP contribution in [-0.2, 0) is 9.47 Å². The van der Waals surface area contributed by atoms with Crippen molar-refractivity contribution in [3.05, 3.63) is 11.6 Å². The molecule has 4 nitrogen and oxygen atoms in total. The Balaban J connectivity index is 1.97. The van der Waals surface area contributed by atoms with Gasteiger partial charge in [0, 0.05) is 19.1 Å². The van der Waals surface area contributed by atoms with E-state index in [1.165, 1.54) is 5.57 Å². The van der Waals surface area contributed by atoms with Crippen molar-refractivity contribution in [3.63, 3.8) is 0 Å². The quantitative estimate of drug-likeness (QED) is 0.426. The zero-order valence-electron chi connectivity index (χ0n) is 9.99. The fourth-order valence-electron chi connectivity index (χ4n) is 1.59. The van der Waals surface area contributed by atoms with Gasteiger partial charge in [0.2, 0.25) is 0 Å². The van der Waals surface area contributed by atoms with Gasteiger partial charge in [0.15, 0.2) is 0 Å². The zero-order valence-corrected chi connectivity index (χ0v) is 9.99. The summed E-state index contributed by atoms with van der Waals surface area (Å²) < 4.78 is 11.1. The maximum absolute atomic E-state index is 5.54. The van der Waals surface area contributed by atoms with Crippen LogP contribution in [0.1, 0.15) is 19.3 Å². The number of hydrogen-bond acceptors (Lipinski definition) is 4. The van der Waals surface area contributed by atoms with Gasteiger partial charge in [0.1, 0.15) is 0 Å². The highest BCUT2D eigenvalue weighted by atomic mass is 16.5. The fraction of sp³-hybridized carbons (Fsp3) is 0.833. The summed E-state index contributed by atoms with van der Waals surface area (Å²) in [7, 11) is 0. The van der Waals surface area contributed by atoms with E-state index < -0.39 is 0 Å². The van der Waals surface area contributed by atoms with E-state index in [0.717, 1.165) is 45.7 Å². The summed E-state index contributed by atoms with van der Waals surface area (Å²) in [6, 6.07) is 0. The lowest BCUT2D eigenvalue weighted by Crippen LogP contribution is -2.23. The molecule has 94 valence electrons. The van der Waals surface area contributed by atoms with E-state index in [2.05, 4.69) is 6.08 Å². The third-order valence-electron chi connectivity index (χ3n) is 2.76. The average Bonchev–Trinajstić information content (AvgIpc) is 2.27. The molecule has 0 saturated heterocycles. The first kappa shape index (κ1) is 13.6. The van der Waals surface area contributed by atoms with E-state index in [1.807, 2.05) is 0 Å². The van der Waals surface area contributed by atoms with Crippen LogP contribution >= 0.6 is 0 Å². The van der Waals surface area contributed by atoms with Gasteiger partial charge in [0.25, 0.3) is 0 Å². The summed E-state index contributed by atoms with van der Waals surface area (Å²) in [5.74, 6) is 0.565. The summed E-state index contributed by atoms with van der Waals surface area (Å²) >= 11 is 0. The number of allylic oxidation sites excluding steroid dienone is 1. The van der Waals surface area contributed by atoms with Crippen molar-refractivity contribution >= 4 is 0 Å². The summed E-state index contributed by atoms with van der Waals surface area (Å²) in [5, 5.41) is 0. The molecular formula is C12H24N2O2. The molecule has 16 heavy (non-hydrogen) atoms. The summed E-state index contributed by atoms with van der Waals surface area (Å²) in [4.78, 5) is 0. The molecule has 0 saturated carbocycles. The number of hydrogen-bond donors (Lipinski definition) is 2. The molecular weight excluding hydrogens is 204 g/mol. The number of rotatable bonds is 10. The van der Waals surface area contributed by atoms with Gasteiger partial charge < -0.3 is 20.9 Å². The third-order valence-corrected chi connectivity index (χ3v) is 2.76. The van der Waals surface area contributed by atoms with Crippen LogP contribution in [0.5, 0.6) is 0 Å². The van der Waals surface area contributed by atoms with Crippen LogP contribution < -0.4 is 11.5 Å². The molecule has 0 spiro atoms. The second-order valence-electron chi connectivity index (χ2n) is 4.12. The predicted octanol–water partition coefficient (Wildman–Crippen LogP) is 0.664. The maximum atomic E-state index is 5.54. The van der Waals surface area contributed by atoms with Crippen LogP contribution in [0.2, 0.25) is 0 Å². The van der Waals surface area contributed by atoms with E-state index >= 15 is 0 Å². The van der Waals surface area contributed by atoms with Crippen molar-refractivity contribution in [1.82, 2.24) is 0 Å². The van der Waals surface area contributed by atoms with Crippen LogP contribution in [0.4, 0.5) is 0 Å². The minimum absolute atomic E-state index is 0.565.